The molecule has 2 aromatic carbocycles. The molecule has 1 aliphatic rings. The number of benzene rings is 2. The summed E-state index contributed by atoms with van der Waals surface area (Å²) in [4.78, 5) is 27.3. The zero-order valence-corrected chi connectivity index (χ0v) is 16.0. The molecule has 0 unspecified atom stereocenters. The molecule has 2 aromatic rings. The highest BCUT2D eigenvalue weighted by molar-refractivity contribution is 6.07. The first-order chi connectivity index (χ1) is 13.0. The van der Waals surface area contributed by atoms with E-state index in [1.54, 1.807) is 24.3 Å². The van der Waals surface area contributed by atoms with Crippen molar-refractivity contribution in [2.45, 2.75) is 33.1 Å². The maximum absolute atomic E-state index is 12.9. The predicted molar refractivity (Wildman–Crippen MR) is 109 cm³/mol. The van der Waals surface area contributed by atoms with E-state index in [1.807, 2.05) is 36.9 Å². The van der Waals surface area contributed by atoms with Crippen LogP contribution in [0.2, 0.25) is 0 Å². The van der Waals surface area contributed by atoms with E-state index >= 15 is 0 Å². The van der Waals surface area contributed by atoms with Crippen LogP contribution in [0.5, 0.6) is 0 Å². The number of anilines is 2. The van der Waals surface area contributed by atoms with E-state index in [1.165, 1.54) is 5.56 Å². The van der Waals surface area contributed by atoms with E-state index < -0.39 is 5.41 Å². The van der Waals surface area contributed by atoms with Crippen molar-refractivity contribution in [1.82, 2.24) is 0 Å². The number of para-hydroxylation sites is 1. The Morgan fingerprint density at radius 1 is 1.07 bits per heavy atom. The van der Waals surface area contributed by atoms with Crippen molar-refractivity contribution in [3.8, 4) is 0 Å². The zero-order chi connectivity index (χ0) is 19.4. The molecule has 27 heavy (non-hydrogen) atoms. The van der Waals surface area contributed by atoms with Crippen LogP contribution in [0, 0.1) is 5.41 Å². The molecule has 0 saturated carbocycles. The van der Waals surface area contributed by atoms with Crippen molar-refractivity contribution in [2.24, 2.45) is 11.1 Å². The number of carbonyl (C=O) groups excluding carboxylic acids is 2. The fraction of sp³-hybridized carbons (Fsp3) is 0.364. The summed E-state index contributed by atoms with van der Waals surface area (Å²) in [6.45, 7) is 4.97. The van der Waals surface area contributed by atoms with Gasteiger partial charge < -0.3 is 16.0 Å². The summed E-state index contributed by atoms with van der Waals surface area (Å²) in [6.07, 6.45) is 2.26. The number of rotatable bonds is 6. The number of nitrogens with one attached hydrogen (secondary N) is 1. The molecule has 0 aromatic heterocycles. The second-order valence-electron chi connectivity index (χ2n) is 7.06. The maximum Gasteiger partial charge on any atom is 0.258 e. The van der Waals surface area contributed by atoms with Crippen molar-refractivity contribution >= 4 is 23.2 Å². The third kappa shape index (κ3) is 3.60. The molecule has 0 aliphatic carbocycles. The van der Waals surface area contributed by atoms with Crippen LogP contribution >= 0.6 is 0 Å². The molecule has 0 fully saturated rings. The normalized spacial score (nSPS) is 13.4. The summed E-state index contributed by atoms with van der Waals surface area (Å²) in [5.41, 5.74) is 8.77. The Morgan fingerprint density at radius 2 is 1.74 bits per heavy atom. The number of hydrogen-bond donors (Lipinski definition) is 2. The fourth-order valence-corrected chi connectivity index (χ4v) is 3.62. The van der Waals surface area contributed by atoms with Crippen molar-refractivity contribution < 1.29 is 9.59 Å². The van der Waals surface area contributed by atoms with Gasteiger partial charge in [-0.05, 0) is 55.2 Å². The summed E-state index contributed by atoms with van der Waals surface area (Å²) in [5.74, 6) is -0.0844. The summed E-state index contributed by atoms with van der Waals surface area (Å²) < 4.78 is 0. The van der Waals surface area contributed by atoms with Gasteiger partial charge >= 0.3 is 0 Å². The molecule has 1 heterocycles. The molecular weight excluding hydrogens is 338 g/mol. The van der Waals surface area contributed by atoms with Gasteiger partial charge in [-0.15, -0.1) is 0 Å². The average molecular weight is 365 g/mol. The highest BCUT2D eigenvalue weighted by atomic mass is 16.2. The fourth-order valence-electron chi connectivity index (χ4n) is 3.62. The molecule has 2 amide bonds. The van der Waals surface area contributed by atoms with E-state index in [-0.39, 0.29) is 11.8 Å². The number of fused-ring (bicyclic) bond motifs is 1. The van der Waals surface area contributed by atoms with Gasteiger partial charge in [-0.1, -0.05) is 32.0 Å². The van der Waals surface area contributed by atoms with Gasteiger partial charge in [0.2, 0.25) is 5.91 Å². The number of nitrogens with two attached hydrogens (primary N) is 1. The van der Waals surface area contributed by atoms with Gasteiger partial charge in [-0.2, -0.15) is 0 Å². The van der Waals surface area contributed by atoms with Gasteiger partial charge in [-0.3, -0.25) is 9.59 Å². The molecule has 142 valence electrons. The van der Waals surface area contributed by atoms with Gasteiger partial charge in [0.15, 0.2) is 0 Å². The Kier molecular flexibility index (Phi) is 5.61. The highest BCUT2D eigenvalue weighted by Gasteiger charge is 2.33. The van der Waals surface area contributed by atoms with E-state index in [4.69, 9.17) is 5.73 Å². The Bertz CT molecular complexity index is 817. The first kappa shape index (κ1) is 19.1. The Balaban J connectivity index is 1.73. The van der Waals surface area contributed by atoms with Crippen LogP contribution in [0.3, 0.4) is 0 Å². The van der Waals surface area contributed by atoms with Crippen molar-refractivity contribution in [2.75, 3.05) is 23.3 Å². The van der Waals surface area contributed by atoms with Crippen LogP contribution in [-0.2, 0) is 11.2 Å². The lowest BCUT2D eigenvalue weighted by Crippen LogP contribution is -2.41. The molecule has 3 rings (SSSR count). The van der Waals surface area contributed by atoms with Gasteiger partial charge in [0, 0.05) is 30.0 Å². The standard InChI is InChI=1S/C22H27N3O2/c1-3-22(4-2,15-23)21(27)24-18-11-9-17(10-12-18)20(26)25-14-13-16-7-5-6-8-19(16)25/h5-12H,3-4,13-15,23H2,1-2H3,(H,24,27). The minimum atomic E-state index is -0.548. The lowest BCUT2D eigenvalue weighted by molar-refractivity contribution is -0.125. The van der Waals surface area contributed by atoms with Gasteiger partial charge in [0.05, 0.1) is 5.41 Å². The summed E-state index contributed by atoms with van der Waals surface area (Å²) >= 11 is 0. The van der Waals surface area contributed by atoms with E-state index in [2.05, 4.69) is 11.4 Å². The molecular formula is C22H27N3O2. The molecule has 5 nitrogen and oxygen atoms in total. The average Bonchev–Trinajstić information content (AvgIpc) is 3.14. The molecule has 3 N–H and O–H groups in total. The van der Waals surface area contributed by atoms with Gasteiger partial charge in [0.1, 0.15) is 0 Å². The maximum atomic E-state index is 12.9. The topological polar surface area (TPSA) is 75.4 Å². The summed E-state index contributed by atoms with van der Waals surface area (Å²) in [6, 6.07) is 15.1. The van der Waals surface area contributed by atoms with Crippen LogP contribution < -0.4 is 16.0 Å². The second-order valence-corrected chi connectivity index (χ2v) is 7.06. The first-order valence-corrected chi connectivity index (χ1v) is 9.56. The quantitative estimate of drug-likeness (QED) is 0.821. The third-order valence-corrected chi connectivity index (χ3v) is 5.75. The molecule has 0 radical (unpaired) electrons. The van der Waals surface area contributed by atoms with Gasteiger partial charge in [0.25, 0.3) is 5.91 Å². The van der Waals surface area contributed by atoms with E-state index in [0.717, 1.165) is 12.1 Å². The number of hydrogen-bond acceptors (Lipinski definition) is 3. The largest absolute Gasteiger partial charge is 0.329 e. The van der Waals surface area contributed by atoms with E-state index in [0.29, 0.717) is 37.2 Å². The monoisotopic (exact) mass is 365 g/mol. The second kappa shape index (κ2) is 7.92. The Hall–Kier alpha value is -2.66. The summed E-state index contributed by atoms with van der Waals surface area (Å²) in [5, 5.41) is 2.94. The van der Waals surface area contributed by atoms with Gasteiger partial charge in [-0.25, -0.2) is 0 Å². The lowest BCUT2D eigenvalue weighted by atomic mass is 9.81. The van der Waals surface area contributed by atoms with E-state index in [9.17, 15) is 9.59 Å². The van der Waals surface area contributed by atoms with Crippen molar-refractivity contribution in [3.63, 3.8) is 0 Å². The molecule has 0 saturated heterocycles. The number of amides is 2. The van der Waals surface area contributed by atoms with Crippen LogP contribution in [0.25, 0.3) is 0 Å². The van der Waals surface area contributed by atoms with Crippen LogP contribution in [-0.4, -0.2) is 24.9 Å². The van der Waals surface area contributed by atoms with Crippen molar-refractivity contribution in [3.05, 3.63) is 59.7 Å². The Morgan fingerprint density at radius 3 is 2.37 bits per heavy atom. The predicted octanol–water partition coefficient (Wildman–Crippen LogP) is 3.59. The lowest BCUT2D eigenvalue weighted by Gasteiger charge is -2.28. The minimum absolute atomic E-state index is 0.0174. The zero-order valence-electron chi connectivity index (χ0n) is 16.0. The Labute approximate surface area is 160 Å². The highest BCUT2D eigenvalue weighted by Crippen LogP contribution is 2.30. The first-order valence-electron chi connectivity index (χ1n) is 9.56. The molecule has 0 spiro atoms. The molecule has 0 bridgehead atoms. The third-order valence-electron chi connectivity index (χ3n) is 5.75. The molecule has 0 atom stereocenters. The van der Waals surface area contributed by atoms with Crippen LogP contribution in [0.4, 0.5) is 11.4 Å². The van der Waals surface area contributed by atoms with Crippen LogP contribution in [0.15, 0.2) is 48.5 Å². The number of carbonyl (C=O) groups is 2. The number of nitrogens with zero attached hydrogens (tertiary/aromatic N) is 1. The molecule has 5 heteroatoms. The molecule has 1 aliphatic heterocycles. The van der Waals surface area contributed by atoms with Crippen molar-refractivity contribution in [1.29, 1.82) is 0 Å². The minimum Gasteiger partial charge on any atom is -0.329 e. The SMILES string of the molecule is CCC(CC)(CN)C(=O)Nc1ccc(C(=O)N2CCc3ccccc32)cc1. The summed E-state index contributed by atoms with van der Waals surface area (Å²) in [7, 11) is 0. The smallest absolute Gasteiger partial charge is 0.258 e. The van der Waals surface area contributed by atoms with Crippen LogP contribution in [0.1, 0.15) is 42.6 Å².